The Morgan fingerprint density at radius 3 is 2.74 bits per heavy atom. The van der Waals surface area contributed by atoms with Gasteiger partial charge in [0, 0.05) is 19.0 Å². The number of anilines is 2. The molecule has 0 aliphatic heterocycles. The Hall–Kier alpha value is -1.40. The van der Waals surface area contributed by atoms with E-state index in [2.05, 4.69) is 38.6 Å². The van der Waals surface area contributed by atoms with E-state index in [1.165, 1.54) is 4.88 Å². The van der Waals surface area contributed by atoms with Crippen molar-refractivity contribution in [1.82, 2.24) is 15.0 Å². The third-order valence-corrected chi connectivity index (χ3v) is 3.75. The first kappa shape index (κ1) is 14.0. The van der Waals surface area contributed by atoms with Crippen LogP contribution in [-0.4, -0.2) is 29.0 Å². The summed E-state index contributed by atoms with van der Waals surface area (Å²) in [6, 6.07) is 4.32. The third kappa shape index (κ3) is 3.54. The predicted molar refractivity (Wildman–Crippen MR) is 80.1 cm³/mol. The van der Waals surface area contributed by atoms with Crippen molar-refractivity contribution in [2.24, 2.45) is 0 Å². The molecular weight excluding hydrogens is 282 g/mol. The van der Waals surface area contributed by atoms with Gasteiger partial charge in [-0.2, -0.15) is 15.0 Å². The first-order valence-corrected chi connectivity index (χ1v) is 7.24. The van der Waals surface area contributed by atoms with E-state index in [-0.39, 0.29) is 11.3 Å². The summed E-state index contributed by atoms with van der Waals surface area (Å²) >= 11 is 7.63. The zero-order chi connectivity index (χ0) is 13.8. The summed E-state index contributed by atoms with van der Waals surface area (Å²) in [5.41, 5.74) is 0. The number of nitrogens with one attached hydrogen (secondary N) is 1. The first-order chi connectivity index (χ1) is 9.10. The summed E-state index contributed by atoms with van der Waals surface area (Å²) in [5.74, 6) is 1.05. The third-order valence-electron chi connectivity index (χ3n) is 2.59. The number of halogens is 1. The number of hydrogen-bond acceptors (Lipinski definition) is 6. The highest BCUT2D eigenvalue weighted by Gasteiger charge is 2.13. The van der Waals surface area contributed by atoms with Gasteiger partial charge in [0.25, 0.3) is 0 Å². The van der Waals surface area contributed by atoms with Crippen molar-refractivity contribution in [3.05, 3.63) is 27.7 Å². The summed E-state index contributed by atoms with van der Waals surface area (Å²) in [6.45, 7) is 2.12. The average Bonchev–Trinajstić information content (AvgIpc) is 2.89. The molecule has 1 atom stereocenters. The van der Waals surface area contributed by atoms with Crippen molar-refractivity contribution in [3.63, 3.8) is 0 Å². The fourth-order valence-electron chi connectivity index (χ4n) is 1.62. The summed E-state index contributed by atoms with van der Waals surface area (Å²) in [5, 5.41) is 5.56. The fourth-order valence-corrected chi connectivity index (χ4v) is 2.64. The van der Waals surface area contributed by atoms with Crippen LogP contribution >= 0.6 is 22.9 Å². The molecule has 0 fully saturated rings. The minimum Gasteiger partial charge on any atom is -0.347 e. The van der Waals surface area contributed by atoms with E-state index in [1.54, 1.807) is 16.2 Å². The Labute approximate surface area is 121 Å². The zero-order valence-corrected chi connectivity index (χ0v) is 12.7. The summed E-state index contributed by atoms with van der Waals surface area (Å²) in [7, 11) is 3.73. The second kappa shape index (κ2) is 6.16. The second-order valence-corrected chi connectivity index (χ2v) is 5.56. The van der Waals surface area contributed by atoms with Gasteiger partial charge in [-0.25, -0.2) is 0 Å². The van der Waals surface area contributed by atoms with E-state index in [1.807, 2.05) is 20.2 Å². The molecule has 5 nitrogen and oxygen atoms in total. The fraction of sp³-hybridized carbons (Fsp3) is 0.417. The predicted octanol–water partition coefficient (Wildman–Crippen LogP) is 3.22. The Kier molecular flexibility index (Phi) is 4.55. The Morgan fingerprint density at radius 1 is 1.37 bits per heavy atom. The van der Waals surface area contributed by atoms with Crippen LogP contribution in [0.5, 0.6) is 0 Å². The van der Waals surface area contributed by atoms with Gasteiger partial charge in [0.2, 0.25) is 17.2 Å². The van der Waals surface area contributed by atoms with E-state index in [0.717, 1.165) is 6.42 Å². The molecule has 0 radical (unpaired) electrons. The molecule has 0 aromatic carbocycles. The summed E-state index contributed by atoms with van der Waals surface area (Å²) < 4.78 is 0. The van der Waals surface area contributed by atoms with Crippen molar-refractivity contribution in [2.45, 2.75) is 19.4 Å². The molecule has 1 N–H and O–H groups in total. The first-order valence-electron chi connectivity index (χ1n) is 5.99. The van der Waals surface area contributed by atoms with Crippen LogP contribution in [0.1, 0.15) is 24.3 Å². The van der Waals surface area contributed by atoms with E-state index >= 15 is 0 Å². The van der Waals surface area contributed by atoms with Gasteiger partial charge in [-0.15, -0.1) is 11.3 Å². The molecule has 1 unspecified atom stereocenters. The molecule has 7 heteroatoms. The quantitative estimate of drug-likeness (QED) is 0.918. The van der Waals surface area contributed by atoms with E-state index in [4.69, 9.17) is 11.6 Å². The highest BCUT2D eigenvalue weighted by atomic mass is 35.5. The molecule has 2 aromatic rings. The summed E-state index contributed by atoms with van der Waals surface area (Å²) in [6.07, 6.45) is 0.946. The lowest BCUT2D eigenvalue weighted by molar-refractivity contribution is 0.749. The van der Waals surface area contributed by atoms with Crippen LogP contribution in [0, 0.1) is 0 Å². The van der Waals surface area contributed by atoms with Gasteiger partial charge in [-0.1, -0.05) is 13.0 Å². The van der Waals surface area contributed by atoms with Gasteiger partial charge in [0.1, 0.15) is 0 Å². The maximum atomic E-state index is 5.92. The largest absolute Gasteiger partial charge is 0.347 e. The Balaban J connectivity index is 2.22. The van der Waals surface area contributed by atoms with Crippen LogP contribution in [-0.2, 0) is 0 Å². The van der Waals surface area contributed by atoms with Gasteiger partial charge < -0.3 is 10.2 Å². The topological polar surface area (TPSA) is 53.9 Å². The highest BCUT2D eigenvalue weighted by molar-refractivity contribution is 7.10. The van der Waals surface area contributed by atoms with Crippen molar-refractivity contribution in [1.29, 1.82) is 0 Å². The minimum atomic E-state index is 0.188. The minimum absolute atomic E-state index is 0.188. The maximum Gasteiger partial charge on any atom is 0.230 e. The molecule has 2 rings (SSSR count). The van der Waals surface area contributed by atoms with Crippen LogP contribution in [0.25, 0.3) is 0 Å². The van der Waals surface area contributed by atoms with Gasteiger partial charge in [0.05, 0.1) is 6.04 Å². The van der Waals surface area contributed by atoms with Gasteiger partial charge in [-0.05, 0) is 29.5 Å². The molecule has 0 saturated carbocycles. The number of nitrogens with zero attached hydrogens (tertiary/aromatic N) is 4. The lowest BCUT2D eigenvalue weighted by Gasteiger charge is -2.17. The van der Waals surface area contributed by atoms with Gasteiger partial charge >= 0.3 is 0 Å². The second-order valence-electron chi connectivity index (χ2n) is 4.24. The van der Waals surface area contributed by atoms with E-state index < -0.39 is 0 Å². The van der Waals surface area contributed by atoms with Crippen LogP contribution in [0.15, 0.2) is 17.5 Å². The standard InChI is InChI=1S/C12H16ClN5S/c1-4-8(9-6-5-7-19-9)14-11-15-10(13)16-12(17-11)18(2)3/h5-8H,4H2,1-3H3,(H,14,15,16,17). The molecule has 0 aliphatic carbocycles. The SMILES string of the molecule is CCC(Nc1nc(Cl)nc(N(C)C)n1)c1cccs1. The van der Waals surface area contributed by atoms with Crippen molar-refractivity contribution >= 4 is 34.8 Å². The number of thiophene rings is 1. The molecule has 0 aliphatic rings. The average molecular weight is 298 g/mol. The lowest BCUT2D eigenvalue weighted by atomic mass is 10.2. The normalized spacial score (nSPS) is 12.2. The lowest BCUT2D eigenvalue weighted by Crippen LogP contribution is -2.17. The molecule has 0 saturated heterocycles. The number of hydrogen-bond donors (Lipinski definition) is 1. The Morgan fingerprint density at radius 2 is 2.16 bits per heavy atom. The number of rotatable bonds is 5. The van der Waals surface area contributed by atoms with Crippen molar-refractivity contribution in [2.75, 3.05) is 24.3 Å². The van der Waals surface area contributed by atoms with Crippen LogP contribution in [0.2, 0.25) is 5.28 Å². The highest BCUT2D eigenvalue weighted by Crippen LogP contribution is 2.25. The van der Waals surface area contributed by atoms with Crippen LogP contribution < -0.4 is 10.2 Å². The van der Waals surface area contributed by atoms with Crippen LogP contribution in [0.4, 0.5) is 11.9 Å². The van der Waals surface area contributed by atoms with Crippen LogP contribution in [0.3, 0.4) is 0 Å². The summed E-state index contributed by atoms with van der Waals surface area (Å²) in [4.78, 5) is 15.6. The molecule has 0 bridgehead atoms. The molecule has 102 valence electrons. The molecule has 2 heterocycles. The molecule has 2 aromatic heterocycles. The maximum absolute atomic E-state index is 5.92. The Bertz CT molecular complexity index is 529. The number of aromatic nitrogens is 3. The molecular formula is C12H16ClN5S. The van der Waals surface area contributed by atoms with E-state index in [9.17, 15) is 0 Å². The molecule has 0 spiro atoms. The molecule has 0 amide bonds. The van der Waals surface area contributed by atoms with Crippen molar-refractivity contribution < 1.29 is 0 Å². The van der Waals surface area contributed by atoms with Crippen molar-refractivity contribution in [3.8, 4) is 0 Å². The monoisotopic (exact) mass is 297 g/mol. The molecule has 19 heavy (non-hydrogen) atoms. The smallest absolute Gasteiger partial charge is 0.230 e. The van der Waals surface area contributed by atoms with Gasteiger partial charge in [0.15, 0.2) is 0 Å². The van der Waals surface area contributed by atoms with E-state index in [0.29, 0.717) is 11.9 Å². The zero-order valence-electron chi connectivity index (χ0n) is 11.1. The van der Waals surface area contributed by atoms with Gasteiger partial charge in [-0.3, -0.25) is 0 Å².